The molecule has 1 saturated heterocycles. The van der Waals surface area contributed by atoms with E-state index < -0.39 is 21.7 Å². The first-order valence-corrected chi connectivity index (χ1v) is 7.97. The maximum absolute atomic E-state index is 11.7. The van der Waals surface area contributed by atoms with E-state index in [9.17, 15) is 13.2 Å². The molecule has 0 aliphatic carbocycles. The second kappa shape index (κ2) is 6.23. The number of nitrogens with one attached hydrogen (secondary N) is 2. The van der Waals surface area contributed by atoms with Gasteiger partial charge in [0.05, 0.1) is 25.0 Å². The zero-order chi connectivity index (χ0) is 14.6. The molecule has 1 aromatic rings. The minimum absolute atomic E-state index is 0.273. The van der Waals surface area contributed by atoms with Crippen LogP contribution >= 0.6 is 0 Å². The third-order valence-electron chi connectivity index (χ3n) is 3.09. The summed E-state index contributed by atoms with van der Waals surface area (Å²) in [5, 5.41) is 7.42. The maximum atomic E-state index is 11.7. The van der Waals surface area contributed by atoms with Crippen molar-refractivity contribution in [3.8, 4) is 0 Å². The van der Waals surface area contributed by atoms with Crippen molar-refractivity contribution < 1.29 is 17.9 Å². The molecule has 0 atom stereocenters. The summed E-state index contributed by atoms with van der Waals surface area (Å²) in [7, 11) is -2.61. The van der Waals surface area contributed by atoms with Crippen molar-refractivity contribution in [2.24, 2.45) is 0 Å². The first kappa shape index (κ1) is 14.8. The van der Waals surface area contributed by atoms with E-state index in [2.05, 4.69) is 19.9 Å². The summed E-state index contributed by atoms with van der Waals surface area (Å²) >= 11 is 0. The lowest BCUT2D eigenvalue weighted by Crippen LogP contribution is -2.29. The molecule has 2 rings (SSSR count). The van der Waals surface area contributed by atoms with Gasteiger partial charge in [-0.2, -0.15) is 5.10 Å². The molecule has 8 nitrogen and oxygen atoms in total. The molecule has 1 aromatic heterocycles. The van der Waals surface area contributed by atoms with Crippen molar-refractivity contribution >= 4 is 21.7 Å². The van der Waals surface area contributed by atoms with Gasteiger partial charge in [-0.05, 0) is 25.9 Å². The predicted octanol–water partition coefficient (Wildman–Crippen LogP) is -0.278. The molecule has 0 unspecified atom stereocenters. The van der Waals surface area contributed by atoms with Gasteiger partial charge in [0.1, 0.15) is 0 Å². The van der Waals surface area contributed by atoms with Crippen molar-refractivity contribution in [3.05, 3.63) is 12.4 Å². The fraction of sp³-hybridized carbons (Fsp3) is 0.636. The molecule has 0 bridgehead atoms. The molecule has 1 aliphatic heterocycles. The molecule has 0 aromatic carbocycles. The molecule has 2 N–H and O–H groups in total. The van der Waals surface area contributed by atoms with Crippen LogP contribution in [0.2, 0.25) is 0 Å². The number of hydrogen-bond donors (Lipinski definition) is 2. The quantitative estimate of drug-likeness (QED) is 0.725. The van der Waals surface area contributed by atoms with Crippen LogP contribution in [-0.4, -0.2) is 50.1 Å². The van der Waals surface area contributed by atoms with Gasteiger partial charge in [0.2, 0.25) is 10.0 Å². The summed E-state index contributed by atoms with van der Waals surface area (Å²) in [6, 6.07) is 0.273. The van der Waals surface area contributed by atoms with Gasteiger partial charge < -0.3 is 10.1 Å². The molecule has 20 heavy (non-hydrogen) atoms. The largest absolute Gasteiger partial charge is 0.468 e. The van der Waals surface area contributed by atoms with E-state index in [0.29, 0.717) is 5.69 Å². The normalized spacial score (nSPS) is 16.9. The topological polar surface area (TPSA) is 102 Å². The van der Waals surface area contributed by atoms with Crippen LogP contribution in [0, 0.1) is 0 Å². The maximum Gasteiger partial charge on any atom is 0.322 e. The molecule has 112 valence electrons. The third kappa shape index (κ3) is 3.94. The molecule has 9 heteroatoms. The van der Waals surface area contributed by atoms with Crippen molar-refractivity contribution in [3.63, 3.8) is 0 Å². The number of piperidine rings is 1. The number of methoxy groups -OCH3 is 1. The monoisotopic (exact) mass is 302 g/mol. The average molecular weight is 302 g/mol. The number of esters is 1. The Kier molecular flexibility index (Phi) is 4.61. The van der Waals surface area contributed by atoms with Gasteiger partial charge in [-0.15, -0.1) is 0 Å². The van der Waals surface area contributed by atoms with Crippen LogP contribution in [0.4, 0.5) is 5.69 Å². The Hall–Kier alpha value is -1.61. The zero-order valence-corrected chi connectivity index (χ0v) is 12.0. The molecular weight excluding hydrogens is 284 g/mol. The van der Waals surface area contributed by atoms with E-state index in [0.717, 1.165) is 33.0 Å². The number of rotatable bonds is 5. The van der Waals surface area contributed by atoms with E-state index >= 15 is 0 Å². The molecule has 0 spiro atoms. The van der Waals surface area contributed by atoms with Gasteiger partial charge in [-0.1, -0.05) is 0 Å². The zero-order valence-electron chi connectivity index (χ0n) is 11.2. The van der Waals surface area contributed by atoms with Crippen LogP contribution in [0.5, 0.6) is 0 Å². The van der Waals surface area contributed by atoms with Crippen molar-refractivity contribution in [2.45, 2.75) is 18.9 Å². The smallest absolute Gasteiger partial charge is 0.322 e. The number of nitrogens with zero attached hydrogens (tertiary/aromatic N) is 2. The lowest BCUT2D eigenvalue weighted by Gasteiger charge is -2.22. The number of sulfonamides is 1. The number of ether oxygens (including phenoxy) is 1. The number of carbonyl (C=O) groups excluding carboxylic acids is 1. The third-order valence-corrected chi connectivity index (χ3v) is 4.26. The minimum atomic E-state index is -3.75. The van der Waals surface area contributed by atoms with Crippen LogP contribution < -0.4 is 10.0 Å². The van der Waals surface area contributed by atoms with Crippen LogP contribution in [0.1, 0.15) is 18.9 Å². The van der Waals surface area contributed by atoms with Crippen LogP contribution in [0.3, 0.4) is 0 Å². The number of anilines is 1. The fourth-order valence-electron chi connectivity index (χ4n) is 2.09. The highest BCUT2D eigenvalue weighted by Crippen LogP contribution is 2.19. The van der Waals surface area contributed by atoms with Gasteiger partial charge >= 0.3 is 5.97 Å². The lowest BCUT2D eigenvalue weighted by atomic mass is 10.1. The standard InChI is InChI=1S/C11H18N4O4S/c1-19-11(16)8-20(17,18)14-9-6-13-15(7-9)10-2-4-12-5-3-10/h6-7,10,12,14H,2-5,8H2,1H3. The highest BCUT2D eigenvalue weighted by atomic mass is 32.2. The summed E-state index contributed by atoms with van der Waals surface area (Å²) in [5.41, 5.74) is 0.354. The molecule has 0 radical (unpaired) electrons. The molecule has 0 amide bonds. The average Bonchev–Trinajstić information content (AvgIpc) is 2.86. The second-order valence-corrected chi connectivity index (χ2v) is 6.35. The van der Waals surface area contributed by atoms with Crippen molar-refractivity contribution in [2.75, 3.05) is 30.7 Å². The van der Waals surface area contributed by atoms with E-state index in [-0.39, 0.29) is 6.04 Å². The van der Waals surface area contributed by atoms with E-state index in [1.807, 2.05) is 0 Å². The van der Waals surface area contributed by atoms with Gasteiger partial charge in [0, 0.05) is 6.20 Å². The molecule has 2 heterocycles. The van der Waals surface area contributed by atoms with Gasteiger partial charge in [0.15, 0.2) is 5.75 Å². The summed E-state index contributed by atoms with van der Waals surface area (Å²) in [6.45, 7) is 1.85. The highest BCUT2D eigenvalue weighted by Gasteiger charge is 2.19. The van der Waals surface area contributed by atoms with Gasteiger partial charge in [0.25, 0.3) is 0 Å². The number of hydrogen-bond acceptors (Lipinski definition) is 6. The molecule has 0 saturated carbocycles. The minimum Gasteiger partial charge on any atom is -0.468 e. The summed E-state index contributed by atoms with van der Waals surface area (Å²) in [5.74, 6) is -1.51. The Morgan fingerprint density at radius 3 is 2.90 bits per heavy atom. The van der Waals surface area contributed by atoms with Crippen LogP contribution in [0.15, 0.2) is 12.4 Å². The summed E-state index contributed by atoms with van der Waals surface area (Å²) in [4.78, 5) is 11.0. The first-order chi connectivity index (χ1) is 9.50. The SMILES string of the molecule is COC(=O)CS(=O)(=O)Nc1cnn(C2CCNCC2)c1. The first-order valence-electron chi connectivity index (χ1n) is 6.32. The molecule has 1 aliphatic rings. The molecular formula is C11H18N4O4S. The second-order valence-electron chi connectivity index (χ2n) is 4.63. The fourth-order valence-corrected chi connectivity index (χ4v) is 3.06. The Morgan fingerprint density at radius 1 is 1.55 bits per heavy atom. The van der Waals surface area contributed by atoms with Crippen LogP contribution in [0.25, 0.3) is 0 Å². The van der Waals surface area contributed by atoms with E-state index in [1.165, 1.54) is 6.20 Å². The van der Waals surface area contributed by atoms with Crippen molar-refractivity contribution in [1.29, 1.82) is 0 Å². The highest BCUT2D eigenvalue weighted by molar-refractivity contribution is 7.93. The Morgan fingerprint density at radius 2 is 2.25 bits per heavy atom. The molecule has 1 fully saturated rings. The van der Waals surface area contributed by atoms with Gasteiger partial charge in [-0.3, -0.25) is 14.2 Å². The van der Waals surface area contributed by atoms with Crippen molar-refractivity contribution in [1.82, 2.24) is 15.1 Å². The van der Waals surface area contributed by atoms with Gasteiger partial charge in [-0.25, -0.2) is 8.42 Å². The van der Waals surface area contributed by atoms with E-state index in [1.54, 1.807) is 10.9 Å². The Bertz CT molecular complexity index is 563. The Balaban J connectivity index is 2.00. The lowest BCUT2D eigenvalue weighted by molar-refractivity contribution is -0.137. The summed E-state index contributed by atoms with van der Waals surface area (Å²) in [6.07, 6.45) is 4.99. The number of carbonyl (C=O) groups is 1. The number of aromatic nitrogens is 2. The Labute approximate surface area is 117 Å². The van der Waals surface area contributed by atoms with E-state index in [4.69, 9.17) is 0 Å². The van der Waals surface area contributed by atoms with Crippen LogP contribution in [-0.2, 0) is 19.6 Å². The predicted molar refractivity (Wildman–Crippen MR) is 72.8 cm³/mol. The summed E-state index contributed by atoms with van der Waals surface area (Å²) < 4.78 is 31.8.